The number of fused-ring (bicyclic) bond motifs is 3. The van der Waals surface area contributed by atoms with E-state index in [1.54, 1.807) is 12.1 Å². The first-order valence-electron chi connectivity index (χ1n) is 11.8. The molecule has 3 aromatic rings. The molecule has 7 nitrogen and oxygen atoms in total. The molecule has 2 heterocycles. The highest BCUT2D eigenvalue weighted by molar-refractivity contribution is 6.30. The van der Waals surface area contributed by atoms with Gasteiger partial charge >= 0.3 is 0 Å². The van der Waals surface area contributed by atoms with Crippen molar-refractivity contribution in [2.24, 2.45) is 5.92 Å². The minimum absolute atomic E-state index is 0.0357. The smallest absolute Gasteiger partial charge is 0.269 e. The van der Waals surface area contributed by atoms with Crippen molar-refractivity contribution < 1.29 is 9.72 Å². The highest BCUT2D eigenvalue weighted by Gasteiger charge is 2.42. The van der Waals surface area contributed by atoms with Gasteiger partial charge in [0, 0.05) is 48.2 Å². The second-order valence-electron chi connectivity index (χ2n) is 9.20. The third-order valence-electron chi connectivity index (χ3n) is 7.09. The summed E-state index contributed by atoms with van der Waals surface area (Å²) in [6.07, 6.45) is 0.458. The number of nitro benzene ring substituents is 1. The second kappa shape index (κ2) is 9.58. The van der Waals surface area contributed by atoms with Crippen molar-refractivity contribution in [2.75, 3.05) is 29.4 Å². The van der Waals surface area contributed by atoms with Gasteiger partial charge in [0.05, 0.1) is 22.9 Å². The number of anilines is 2. The van der Waals surface area contributed by atoms with E-state index in [4.69, 9.17) is 11.6 Å². The van der Waals surface area contributed by atoms with Crippen molar-refractivity contribution >= 4 is 34.6 Å². The molecule has 35 heavy (non-hydrogen) atoms. The van der Waals surface area contributed by atoms with E-state index in [0.29, 0.717) is 18.0 Å². The Morgan fingerprint density at radius 3 is 2.54 bits per heavy atom. The van der Waals surface area contributed by atoms with Crippen LogP contribution >= 0.6 is 11.6 Å². The van der Waals surface area contributed by atoms with Crippen LogP contribution in [0.3, 0.4) is 0 Å². The van der Waals surface area contributed by atoms with Gasteiger partial charge < -0.3 is 15.1 Å². The summed E-state index contributed by atoms with van der Waals surface area (Å²) in [7, 11) is 0. The molecule has 0 aliphatic carbocycles. The van der Waals surface area contributed by atoms with Crippen molar-refractivity contribution in [1.82, 2.24) is 5.32 Å². The van der Waals surface area contributed by atoms with E-state index in [1.165, 1.54) is 0 Å². The van der Waals surface area contributed by atoms with Crippen LogP contribution in [0.25, 0.3) is 0 Å². The summed E-state index contributed by atoms with van der Waals surface area (Å²) in [4.78, 5) is 29.2. The van der Waals surface area contributed by atoms with Crippen LogP contribution in [0.4, 0.5) is 17.1 Å². The number of piperazine rings is 1. The van der Waals surface area contributed by atoms with E-state index >= 15 is 0 Å². The molecule has 0 bridgehead atoms. The molecule has 0 aromatic heterocycles. The van der Waals surface area contributed by atoms with Crippen molar-refractivity contribution in [1.29, 1.82) is 0 Å². The molecule has 3 atom stereocenters. The van der Waals surface area contributed by atoms with Gasteiger partial charge in [0.15, 0.2) is 0 Å². The van der Waals surface area contributed by atoms with E-state index in [1.807, 2.05) is 67.6 Å². The summed E-state index contributed by atoms with van der Waals surface area (Å²) in [5.74, 6) is -0.378. The maximum atomic E-state index is 13.6. The summed E-state index contributed by atoms with van der Waals surface area (Å²) >= 11 is 6.09. The third-order valence-corrected chi connectivity index (χ3v) is 7.35. The first-order valence-corrected chi connectivity index (χ1v) is 12.2. The minimum atomic E-state index is -0.378. The Labute approximate surface area is 209 Å². The lowest BCUT2D eigenvalue weighted by atomic mass is 9.82. The number of benzene rings is 3. The molecule has 1 amide bonds. The summed E-state index contributed by atoms with van der Waals surface area (Å²) in [5.41, 5.74) is 3.99. The first-order chi connectivity index (χ1) is 16.9. The predicted octanol–water partition coefficient (Wildman–Crippen LogP) is 4.99. The molecule has 2 aliphatic rings. The molecule has 1 fully saturated rings. The lowest BCUT2D eigenvalue weighted by Crippen LogP contribution is -2.61. The Bertz CT molecular complexity index is 1230. The van der Waals surface area contributed by atoms with Crippen LogP contribution in [0, 0.1) is 16.0 Å². The number of carbonyl (C=O) groups excluding carboxylic acids is 1. The Hall–Kier alpha value is -3.58. The molecular formula is C27H27ClN4O3. The van der Waals surface area contributed by atoms with Gasteiger partial charge in [-0.3, -0.25) is 14.9 Å². The number of halogens is 1. The molecule has 0 radical (unpaired) electrons. The maximum absolute atomic E-state index is 13.6. The summed E-state index contributed by atoms with van der Waals surface area (Å²) in [5, 5.41) is 15.3. The number of amides is 1. The quantitative estimate of drug-likeness (QED) is 0.402. The van der Waals surface area contributed by atoms with Gasteiger partial charge in [0.2, 0.25) is 5.91 Å². The zero-order valence-corrected chi connectivity index (χ0v) is 20.2. The Balaban J connectivity index is 1.45. The van der Waals surface area contributed by atoms with Gasteiger partial charge in [-0.25, -0.2) is 0 Å². The number of non-ortho nitro benzene ring substituents is 1. The van der Waals surface area contributed by atoms with Gasteiger partial charge in [-0.05, 0) is 54.8 Å². The molecule has 0 unspecified atom stereocenters. The van der Waals surface area contributed by atoms with Crippen LogP contribution < -0.4 is 15.1 Å². The number of hydrogen-bond donors (Lipinski definition) is 1. The van der Waals surface area contributed by atoms with E-state index in [-0.39, 0.29) is 34.5 Å². The number of carbonyl (C=O) groups is 1. The molecular weight excluding hydrogens is 464 g/mol. The van der Waals surface area contributed by atoms with E-state index in [0.717, 1.165) is 35.6 Å². The number of rotatable bonds is 5. The topological polar surface area (TPSA) is 78.7 Å². The molecule has 8 heteroatoms. The van der Waals surface area contributed by atoms with Gasteiger partial charge in [0.25, 0.3) is 5.69 Å². The van der Waals surface area contributed by atoms with Crippen molar-refractivity contribution in [3.63, 3.8) is 0 Å². The van der Waals surface area contributed by atoms with Crippen molar-refractivity contribution in [3.8, 4) is 0 Å². The van der Waals surface area contributed by atoms with Crippen molar-refractivity contribution in [3.05, 3.63) is 99.1 Å². The SMILES string of the molecule is C[C@H](NC(=O)[C@H]1Cc2cc([N+](=O)[O-])ccc2N2CCN(c3ccc(Cl)cc3)C[C@H]12)c1ccccc1. The maximum Gasteiger partial charge on any atom is 0.269 e. The van der Waals surface area contributed by atoms with Crippen LogP contribution in [0.5, 0.6) is 0 Å². The van der Waals surface area contributed by atoms with Gasteiger partial charge in [-0.2, -0.15) is 0 Å². The van der Waals surface area contributed by atoms with E-state index in [2.05, 4.69) is 15.1 Å². The summed E-state index contributed by atoms with van der Waals surface area (Å²) < 4.78 is 0. The average molecular weight is 491 g/mol. The summed E-state index contributed by atoms with van der Waals surface area (Å²) in [6, 6.07) is 22.5. The van der Waals surface area contributed by atoms with Gasteiger partial charge in [0.1, 0.15) is 0 Å². The molecule has 0 spiro atoms. The van der Waals surface area contributed by atoms with Crippen LogP contribution in [-0.4, -0.2) is 36.5 Å². The highest BCUT2D eigenvalue weighted by atomic mass is 35.5. The highest BCUT2D eigenvalue weighted by Crippen LogP contribution is 2.39. The van der Waals surface area contributed by atoms with E-state index < -0.39 is 0 Å². The van der Waals surface area contributed by atoms with Crippen LogP contribution in [0.2, 0.25) is 5.02 Å². The number of hydrogen-bond acceptors (Lipinski definition) is 5. The molecule has 0 saturated carbocycles. The standard InChI is InChI=1S/C27H27ClN4O3/c1-18(19-5-3-2-4-6-19)29-27(33)24-16-20-15-23(32(34)35)11-12-25(20)31-14-13-30(17-26(24)31)22-9-7-21(28)8-10-22/h2-12,15,18,24,26H,13-14,16-17H2,1H3,(H,29,33)/t18-,24-,26+/m0/s1. The number of nitrogens with zero attached hydrogens (tertiary/aromatic N) is 3. The monoisotopic (exact) mass is 490 g/mol. The Kier molecular flexibility index (Phi) is 6.34. The second-order valence-corrected chi connectivity index (χ2v) is 9.64. The largest absolute Gasteiger partial charge is 0.368 e. The minimum Gasteiger partial charge on any atom is -0.368 e. The van der Waals surface area contributed by atoms with Gasteiger partial charge in [-0.15, -0.1) is 0 Å². The summed E-state index contributed by atoms with van der Waals surface area (Å²) in [6.45, 7) is 4.16. The molecule has 3 aromatic carbocycles. The lowest BCUT2D eigenvalue weighted by Gasteiger charge is -2.49. The van der Waals surface area contributed by atoms with E-state index in [9.17, 15) is 14.9 Å². The molecule has 1 saturated heterocycles. The van der Waals surface area contributed by atoms with Crippen LogP contribution in [-0.2, 0) is 11.2 Å². The Morgan fingerprint density at radius 1 is 1.09 bits per heavy atom. The lowest BCUT2D eigenvalue weighted by molar-refractivity contribution is -0.384. The van der Waals surface area contributed by atoms with Gasteiger partial charge in [-0.1, -0.05) is 41.9 Å². The first kappa shape index (κ1) is 23.2. The number of nitro groups is 1. The average Bonchev–Trinajstić information content (AvgIpc) is 2.88. The molecule has 180 valence electrons. The molecule has 5 rings (SSSR count). The normalized spacial score (nSPS) is 19.9. The van der Waals surface area contributed by atoms with Crippen LogP contribution in [0.15, 0.2) is 72.8 Å². The number of nitrogens with one attached hydrogen (secondary N) is 1. The Morgan fingerprint density at radius 2 is 1.83 bits per heavy atom. The third kappa shape index (κ3) is 4.68. The fourth-order valence-electron chi connectivity index (χ4n) is 5.25. The fourth-order valence-corrected chi connectivity index (χ4v) is 5.38. The predicted molar refractivity (Wildman–Crippen MR) is 138 cm³/mol. The fraction of sp³-hybridized carbons (Fsp3) is 0.296. The van der Waals surface area contributed by atoms with Crippen molar-refractivity contribution in [2.45, 2.75) is 25.4 Å². The molecule has 1 N–H and O–H groups in total. The van der Waals surface area contributed by atoms with Crippen LogP contribution in [0.1, 0.15) is 24.1 Å². The zero-order chi connectivity index (χ0) is 24.5. The molecule has 2 aliphatic heterocycles. The zero-order valence-electron chi connectivity index (χ0n) is 19.4.